The molecule has 0 spiro atoms. The maximum atomic E-state index is 12.9. The lowest BCUT2D eigenvalue weighted by Crippen LogP contribution is -2.35. The van der Waals surface area contributed by atoms with Crippen LogP contribution in [0.25, 0.3) is 0 Å². The van der Waals surface area contributed by atoms with Crippen LogP contribution in [-0.2, 0) is 14.4 Å². The molecule has 2 unspecified atom stereocenters. The molecule has 38 heavy (non-hydrogen) atoms. The lowest BCUT2D eigenvalue weighted by atomic mass is 10.2. The van der Waals surface area contributed by atoms with E-state index < -0.39 is 11.2 Å². The van der Waals surface area contributed by atoms with Crippen LogP contribution in [0, 0.1) is 23.7 Å². The number of rotatable bonds is 11. The molecule has 2 saturated heterocycles. The van der Waals surface area contributed by atoms with Gasteiger partial charge in [0.05, 0.1) is 18.3 Å². The van der Waals surface area contributed by atoms with Crippen molar-refractivity contribution in [3.8, 4) is 18.4 Å². The Morgan fingerprint density at radius 2 is 2.05 bits per heavy atom. The Bertz CT molecular complexity index is 1150. The number of hydrogen-bond donors (Lipinski definition) is 3. The summed E-state index contributed by atoms with van der Waals surface area (Å²) in [6.45, 7) is 4.81. The van der Waals surface area contributed by atoms with Gasteiger partial charge >= 0.3 is 0 Å². The zero-order chi connectivity index (χ0) is 27.7. The first kappa shape index (κ1) is 29.1. The van der Waals surface area contributed by atoms with Crippen molar-refractivity contribution in [1.82, 2.24) is 20.0 Å². The van der Waals surface area contributed by atoms with Gasteiger partial charge in [-0.3, -0.25) is 19.3 Å². The molecule has 2 heterocycles. The molecule has 1 aromatic rings. The van der Waals surface area contributed by atoms with Crippen molar-refractivity contribution < 1.29 is 14.4 Å². The largest absolute Gasteiger partial charge is 0.385 e. The summed E-state index contributed by atoms with van der Waals surface area (Å²) in [4.78, 5) is 43.7. The second-order valence-electron chi connectivity index (χ2n) is 9.35. The minimum Gasteiger partial charge on any atom is -0.385 e. The van der Waals surface area contributed by atoms with Crippen molar-refractivity contribution >= 4 is 40.9 Å². The van der Waals surface area contributed by atoms with Crippen LogP contribution in [0.15, 0.2) is 34.9 Å². The molecule has 0 bridgehead atoms. The van der Waals surface area contributed by atoms with E-state index in [-0.39, 0.29) is 23.9 Å². The van der Waals surface area contributed by atoms with Gasteiger partial charge in [-0.15, -0.1) is 6.42 Å². The minimum absolute atomic E-state index is 0.00404. The zero-order valence-corrected chi connectivity index (χ0v) is 22.9. The monoisotopic (exact) mass is 537 g/mol. The maximum Gasteiger partial charge on any atom is 0.265 e. The number of hydrogen-bond acceptors (Lipinski definition) is 8. The summed E-state index contributed by atoms with van der Waals surface area (Å²) in [6.07, 6.45) is 6.74. The fourth-order valence-corrected chi connectivity index (χ4v) is 5.79. The van der Waals surface area contributed by atoms with Gasteiger partial charge in [0, 0.05) is 43.6 Å². The molecule has 3 amide bonds. The highest BCUT2D eigenvalue weighted by molar-refractivity contribution is 8.04. The average Bonchev–Trinajstić information content (AvgIpc) is 3.48. The van der Waals surface area contributed by atoms with Gasteiger partial charge in [-0.25, -0.2) is 0 Å². The fourth-order valence-electron chi connectivity index (χ4n) is 4.45. The van der Waals surface area contributed by atoms with E-state index in [0.29, 0.717) is 42.8 Å². The number of nitrogens with zero attached hydrogens (tertiary/aromatic N) is 4. The Labute approximate surface area is 228 Å². The number of nitriles is 1. The topological polar surface area (TPSA) is 121 Å². The first-order valence-corrected chi connectivity index (χ1v) is 13.5. The summed E-state index contributed by atoms with van der Waals surface area (Å²) >= 11 is 1.23. The number of amides is 3. The van der Waals surface area contributed by atoms with Gasteiger partial charge in [0.2, 0.25) is 11.8 Å². The molecular weight excluding hydrogens is 502 g/mol. The standard InChI is InChI=1S/C27H35N7O3S/c1-5-12-30-25(36)22(16-28)27-34(6-2)26(37)23(38-27)10-13-29-19-8-7-9-20(15-19)31-24(35)18-33-14-11-21(17-33)32(3)4/h1,7-9,15,21,23,29H,6,10-14,17-18H2,2-4H3,(H,30,36)(H,31,35). The smallest absolute Gasteiger partial charge is 0.265 e. The summed E-state index contributed by atoms with van der Waals surface area (Å²) < 4.78 is 0. The highest BCUT2D eigenvalue weighted by Gasteiger charge is 2.38. The van der Waals surface area contributed by atoms with E-state index in [1.807, 2.05) is 30.3 Å². The van der Waals surface area contributed by atoms with Crippen molar-refractivity contribution in [2.75, 3.05) is 64.0 Å². The third-order valence-corrected chi connectivity index (χ3v) is 7.86. The predicted molar refractivity (Wildman–Crippen MR) is 150 cm³/mol. The van der Waals surface area contributed by atoms with Crippen molar-refractivity contribution in [1.29, 1.82) is 5.26 Å². The second kappa shape index (κ2) is 13.9. The molecular formula is C27H35N7O3S. The summed E-state index contributed by atoms with van der Waals surface area (Å²) in [7, 11) is 4.13. The summed E-state index contributed by atoms with van der Waals surface area (Å²) in [5, 5.41) is 18.3. The van der Waals surface area contributed by atoms with E-state index in [0.717, 1.165) is 25.2 Å². The maximum absolute atomic E-state index is 12.9. The van der Waals surface area contributed by atoms with Crippen LogP contribution in [0.3, 0.4) is 0 Å². The Morgan fingerprint density at radius 1 is 1.29 bits per heavy atom. The Kier molecular flexibility index (Phi) is 10.6. The quantitative estimate of drug-likeness (QED) is 0.221. The van der Waals surface area contributed by atoms with Gasteiger partial charge in [0.25, 0.3) is 5.91 Å². The van der Waals surface area contributed by atoms with E-state index >= 15 is 0 Å². The van der Waals surface area contributed by atoms with E-state index in [2.05, 4.69) is 45.8 Å². The van der Waals surface area contributed by atoms with Crippen molar-refractivity contribution in [2.24, 2.45) is 0 Å². The molecule has 0 aliphatic carbocycles. The van der Waals surface area contributed by atoms with Crippen LogP contribution in [0.2, 0.25) is 0 Å². The fraction of sp³-hybridized carbons (Fsp3) is 0.481. The minimum atomic E-state index is -0.584. The van der Waals surface area contributed by atoms with Crippen LogP contribution in [0.5, 0.6) is 0 Å². The van der Waals surface area contributed by atoms with E-state index in [1.165, 1.54) is 16.7 Å². The van der Waals surface area contributed by atoms with Gasteiger partial charge < -0.3 is 25.8 Å². The molecule has 1 aromatic carbocycles. The van der Waals surface area contributed by atoms with Gasteiger partial charge in [-0.1, -0.05) is 23.7 Å². The highest BCUT2D eigenvalue weighted by atomic mass is 32.2. The number of anilines is 2. The van der Waals surface area contributed by atoms with Crippen LogP contribution in [-0.4, -0.2) is 97.1 Å². The first-order valence-electron chi connectivity index (χ1n) is 12.6. The zero-order valence-electron chi connectivity index (χ0n) is 22.1. The van der Waals surface area contributed by atoms with Crippen molar-refractivity contribution in [2.45, 2.75) is 31.1 Å². The van der Waals surface area contributed by atoms with E-state index in [9.17, 15) is 19.6 Å². The first-order chi connectivity index (χ1) is 18.3. The van der Waals surface area contributed by atoms with Crippen LogP contribution < -0.4 is 16.0 Å². The summed E-state index contributed by atoms with van der Waals surface area (Å²) in [6, 6.07) is 9.86. The Balaban J connectivity index is 1.54. The average molecular weight is 538 g/mol. The van der Waals surface area contributed by atoms with E-state index in [1.54, 1.807) is 6.92 Å². The van der Waals surface area contributed by atoms with E-state index in [4.69, 9.17) is 6.42 Å². The van der Waals surface area contributed by atoms with Gasteiger partial charge in [-0.2, -0.15) is 5.26 Å². The molecule has 0 saturated carbocycles. The molecule has 0 radical (unpaired) electrons. The molecule has 2 aliphatic heterocycles. The van der Waals surface area contributed by atoms with Gasteiger partial charge in [0.15, 0.2) is 0 Å². The number of nitrogens with one attached hydrogen (secondary N) is 3. The molecule has 2 atom stereocenters. The SMILES string of the molecule is C#CCNC(=O)C(C#N)=C1SC(CCNc2cccc(NC(=O)CN3CCC(N(C)C)C3)c2)C(=O)N1CC. The molecule has 2 aliphatic rings. The van der Waals surface area contributed by atoms with Crippen LogP contribution >= 0.6 is 11.8 Å². The number of thioether (sulfide) groups is 1. The second-order valence-corrected chi connectivity index (χ2v) is 10.5. The number of carbonyl (C=O) groups excluding carboxylic acids is 3. The highest BCUT2D eigenvalue weighted by Crippen LogP contribution is 2.38. The normalized spacial score (nSPS) is 20.7. The number of likely N-dealkylation sites (tertiary alicyclic amines) is 1. The number of likely N-dealkylation sites (N-methyl/N-ethyl adjacent to an activating group) is 1. The summed E-state index contributed by atoms with van der Waals surface area (Å²) in [5.74, 6) is 1.54. The van der Waals surface area contributed by atoms with Gasteiger partial charge in [0.1, 0.15) is 16.7 Å². The lowest BCUT2D eigenvalue weighted by Gasteiger charge is -2.20. The third kappa shape index (κ3) is 7.51. The molecule has 11 heteroatoms. The van der Waals surface area contributed by atoms with Crippen LogP contribution in [0.4, 0.5) is 11.4 Å². The number of benzene rings is 1. The van der Waals surface area contributed by atoms with Crippen LogP contribution in [0.1, 0.15) is 19.8 Å². The Hall–Kier alpha value is -3.51. The molecule has 3 N–H and O–H groups in total. The summed E-state index contributed by atoms with van der Waals surface area (Å²) in [5.41, 5.74) is 1.42. The molecule has 2 fully saturated rings. The van der Waals surface area contributed by atoms with Crippen molar-refractivity contribution in [3.05, 3.63) is 34.9 Å². The Morgan fingerprint density at radius 3 is 2.71 bits per heavy atom. The molecule has 0 aromatic heterocycles. The predicted octanol–water partition coefficient (Wildman–Crippen LogP) is 1.51. The number of terminal acetylenes is 1. The third-order valence-electron chi connectivity index (χ3n) is 6.49. The van der Waals surface area contributed by atoms with Gasteiger partial charge in [-0.05, 0) is 52.1 Å². The molecule has 3 rings (SSSR count). The molecule has 10 nitrogen and oxygen atoms in total. The van der Waals surface area contributed by atoms with Crippen molar-refractivity contribution in [3.63, 3.8) is 0 Å². The number of carbonyl (C=O) groups is 3. The lowest BCUT2D eigenvalue weighted by molar-refractivity contribution is -0.127. The molecule has 202 valence electrons.